The number of aryl methyl sites for hydroxylation is 1. The number of alkyl halides is 3. The van der Waals surface area contributed by atoms with E-state index in [1.54, 1.807) is 6.92 Å². The molecule has 0 amide bonds. The normalized spacial score (nSPS) is 14.5. The third-order valence-electron chi connectivity index (χ3n) is 3.96. The van der Waals surface area contributed by atoms with Gasteiger partial charge >= 0.3 is 6.18 Å². The van der Waals surface area contributed by atoms with Crippen molar-refractivity contribution >= 4 is 35.2 Å². The van der Waals surface area contributed by atoms with Crippen LogP contribution in [0.25, 0.3) is 10.7 Å². The van der Waals surface area contributed by atoms with E-state index < -0.39 is 11.7 Å². The summed E-state index contributed by atoms with van der Waals surface area (Å²) >= 11 is 1.18. The second-order valence-electron chi connectivity index (χ2n) is 5.77. The van der Waals surface area contributed by atoms with E-state index in [4.69, 9.17) is 0 Å². The van der Waals surface area contributed by atoms with Crippen molar-refractivity contribution in [1.29, 1.82) is 0 Å². The molecule has 25 heavy (non-hydrogen) atoms. The molecule has 0 bridgehead atoms. The van der Waals surface area contributed by atoms with Gasteiger partial charge in [0.15, 0.2) is 5.78 Å². The number of carbonyl (C=O) groups excluding carboxylic acids is 1. The summed E-state index contributed by atoms with van der Waals surface area (Å²) in [5.41, 5.74) is 0.654. The van der Waals surface area contributed by atoms with Gasteiger partial charge in [0.2, 0.25) is 0 Å². The van der Waals surface area contributed by atoms with Crippen LogP contribution < -0.4 is 4.90 Å². The van der Waals surface area contributed by atoms with Crippen molar-refractivity contribution in [2.24, 2.45) is 0 Å². The molecule has 0 aliphatic carbocycles. The van der Waals surface area contributed by atoms with Crippen molar-refractivity contribution in [2.45, 2.75) is 32.9 Å². The van der Waals surface area contributed by atoms with Gasteiger partial charge in [-0.25, -0.2) is 4.98 Å². The fourth-order valence-corrected chi connectivity index (χ4v) is 3.76. The van der Waals surface area contributed by atoms with E-state index >= 15 is 0 Å². The highest BCUT2D eigenvalue weighted by Crippen LogP contribution is 2.38. The summed E-state index contributed by atoms with van der Waals surface area (Å²) in [7, 11) is 0. The molecule has 1 aliphatic heterocycles. The lowest BCUT2D eigenvalue weighted by atomic mass is 10.2. The van der Waals surface area contributed by atoms with Crippen LogP contribution in [-0.2, 0) is 6.18 Å². The van der Waals surface area contributed by atoms with Gasteiger partial charge in [0, 0.05) is 26.2 Å². The molecule has 1 saturated heterocycles. The molecular weight excluding hydrogens is 375 g/mol. The van der Waals surface area contributed by atoms with Gasteiger partial charge < -0.3 is 4.90 Å². The second kappa shape index (κ2) is 7.29. The summed E-state index contributed by atoms with van der Waals surface area (Å²) in [6, 6.07) is 1.14. The Morgan fingerprint density at radius 3 is 2.44 bits per heavy atom. The molecule has 2 aromatic rings. The van der Waals surface area contributed by atoms with Crippen molar-refractivity contribution in [1.82, 2.24) is 9.97 Å². The van der Waals surface area contributed by atoms with E-state index in [2.05, 4.69) is 9.97 Å². The van der Waals surface area contributed by atoms with Crippen LogP contribution in [0.2, 0.25) is 0 Å². The van der Waals surface area contributed by atoms with Crippen LogP contribution in [0.4, 0.5) is 18.9 Å². The fraction of sp³-hybridized carbons (Fsp3) is 0.438. The Balaban J connectivity index is 0.00000225. The average Bonchev–Trinajstić information content (AvgIpc) is 3.15. The highest BCUT2D eigenvalue weighted by Gasteiger charge is 2.33. The smallest absolute Gasteiger partial charge is 0.370 e. The zero-order valence-corrected chi connectivity index (χ0v) is 15.3. The van der Waals surface area contributed by atoms with Crippen LogP contribution in [0.5, 0.6) is 0 Å². The van der Waals surface area contributed by atoms with Crippen molar-refractivity contribution < 1.29 is 18.0 Å². The van der Waals surface area contributed by atoms with Crippen molar-refractivity contribution in [3.8, 4) is 10.7 Å². The maximum Gasteiger partial charge on any atom is 0.417 e. The first-order chi connectivity index (χ1) is 11.3. The maximum absolute atomic E-state index is 13.0. The number of Topliss-reactive ketones (excluding diaryl/α,β-unsaturated/α-hetero) is 1. The maximum atomic E-state index is 13.0. The van der Waals surface area contributed by atoms with Crippen LogP contribution in [0.15, 0.2) is 12.3 Å². The van der Waals surface area contributed by atoms with Crippen LogP contribution in [-0.4, -0.2) is 28.8 Å². The summed E-state index contributed by atoms with van der Waals surface area (Å²) in [6.07, 6.45) is -1.74. The number of anilines is 1. The van der Waals surface area contributed by atoms with E-state index in [0.717, 1.165) is 25.1 Å². The highest BCUT2D eigenvalue weighted by molar-refractivity contribution is 7.17. The lowest BCUT2D eigenvalue weighted by Gasteiger charge is -2.21. The number of carbonyl (C=O) groups is 1. The monoisotopic (exact) mass is 391 g/mol. The van der Waals surface area contributed by atoms with Gasteiger partial charge in [-0.1, -0.05) is 0 Å². The molecule has 3 rings (SSSR count). The first-order valence-electron chi connectivity index (χ1n) is 7.58. The highest BCUT2D eigenvalue weighted by atomic mass is 35.5. The molecule has 0 aromatic carbocycles. The molecular formula is C16H17ClF3N3OS. The Kier molecular flexibility index (Phi) is 5.73. The van der Waals surface area contributed by atoms with Gasteiger partial charge in [0.25, 0.3) is 0 Å². The lowest BCUT2D eigenvalue weighted by molar-refractivity contribution is -0.137. The first kappa shape index (κ1) is 19.7. The standard InChI is InChI=1S/C16H16F3N3OS.ClH/c1-9-14(10(2)23)24-15(21-9)13-12(22-5-3-4-6-22)7-11(8-20-13)16(17,18)19;/h7-8H,3-6H2,1-2H3;1H. The number of thiazole rings is 1. The van der Waals surface area contributed by atoms with Gasteiger partial charge in [-0.05, 0) is 25.8 Å². The lowest BCUT2D eigenvalue weighted by Crippen LogP contribution is -2.20. The minimum atomic E-state index is -4.44. The van der Waals surface area contributed by atoms with Crippen LogP contribution >= 0.6 is 23.7 Å². The molecule has 1 aliphatic rings. The first-order valence-corrected chi connectivity index (χ1v) is 8.40. The molecule has 0 N–H and O–H groups in total. The van der Waals surface area contributed by atoms with Crippen molar-refractivity contribution in [3.63, 3.8) is 0 Å². The molecule has 0 atom stereocenters. The molecule has 0 unspecified atom stereocenters. The summed E-state index contributed by atoms with van der Waals surface area (Å²) in [5, 5.41) is 0.480. The number of aromatic nitrogens is 2. The number of nitrogens with zero attached hydrogens (tertiary/aromatic N) is 3. The molecule has 9 heteroatoms. The topological polar surface area (TPSA) is 46.1 Å². The molecule has 4 nitrogen and oxygen atoms in total. The average molecular weight is 392 g/mol. The van der Waals surface area contributed by atoms with Crippen LogP contribution in [0.1, 0.15) is 40.7 Å². The summed E-state index contributed by atoms with van der Waals surface area (Å²) in [5.74, 6) is -0.106. The molecule has 0 spiro atoms. The van der Waals surface area contributed by atoms with Crippen LogP contribution in [0, 0.1) is 6.92 Å². The molecule has 0 saturated carbocycles. The summed E-state index contributed by atoms with van der Waals surface area (Å²) in [4.78, 5) is 22.4. The van der Waals surface area contributed by atoms with Gasteiger partial charge in [0.1, 0.15) is 10.7 Å². The number of halogens is 4. The number of hydrogen-bond donors (Lipinski definition) is 0. The van der Waals surface area contributed by atoms with Crippen molar-refractivity contribution in [3.05, 3.63) is 28.4 Å². The number of hydrogen-bond acceptors (Lipinski definition) is 5. The van der Waals surface area contributed by atoms with E-state index in [9.17, 15) is 18.0 Å². The quantitative estimate of drug-likeness (QED) is 0.708. The predicted octanol–water partition coefficient (Wildman–Crippen LogP) is 4.76. The number of rotatable bonds is 3. The van der Waals surface area contributed by atoms with Gasteiger partial charge in [-0.15, -0.1) is 23.7 Å². The zero-order valence-electron chi connectivity index (χ0n) is 13.7. The third-order valence-corrected chi connectivity index (χ3v) is 5.23. The second-order valence-corrected chi connectivity index (χ2v) is 6.77. The molecule has 2 aromatic heterocycles. The Morgan fingerprint density at radius 2 is 1.92 bits per heavy atom. The number of pyridine rings is 1. The van der Waals surface area contributed by atoms with E-state index in [1.807, 2.05) is 4.90 Å². The molecule has 3 heterocycles. The fourth-order valence-electron chi connectivity index (χ4n) is 2.80. The van der Waals surface area contributed by atoms with E-state index in [0.29, 0.717) is 40.0 Å². The molecule has 1 fully saturated rings. The largest absolute Gasteiger partial charge is 0.417 e. The minimum Gasteiger partial charge on any atom is -0.370 e. The Morgan fingerprint density at radius 1 is 1.28 bits per heavy atom. The molecule has 0 radical (unpaired) electrons. The van der Waals surface area contributed by atoms with Crippen molar-refractivity contribution in [2.75, 3.05) is 18.0 Å². The Hall–Kier alpha value is -1.67. The summed E-state index contributed by atoms with van der Waals surface area (Å²) in [6.45, 7) is 4.56. The van der Waals surface area contributed by atoms with E-state index in [1.165, 1.54) is 18.3 Å². The van der Waals surface area contributed by atoms with Crippen LogP contribution in [0.3, 0.4) is 0 Å². The molecule has 136 valence electrons. The zero-order chi connectivity index (χ0) is 17.5. The Bertz CT molecular complexity index is 785. The Labute approximate surface area is 153 Å². The third kappa shape index (κ3) is 3.95. The van der Waals surface area contributed by atoms with E-state index in [-0.39, 0.29) is 18.2 Å². The SMILES string of the molecule is CC(=O)c1sc(-c2ncc(C(F)(F)F)cc2N2CCCC2)nc1C.Cl. The number of ketones is 1. The summed E-state index contributed by atoms with van der Waals surface area (Å²) < 4.78 is 39.1. The minimum absolute atomic E-state index is 0. The van der Waals surface area contributed by atoms with Gasteiger partial charge in [-0.2, -0.15) is 13.2 Å². The predicted molar refractivity (Wildman–Crippen MR) is 93.8 cm³/mol. The van der Waals surface area contributed by atoms with Gasteiger partial charge in [0.05, 0.1) is 21.8 Å². The van der Waals surface area contributed by atoms with Gasteiger partial charge in [-0.3, -0.25) is 9.78 Å².